The minimum absolute atomic E-state index is 0.0921. The highest BCUT2D eigenvalue weighted by Crippen LogP contribution is 2.48. The van der Waals surface area contributed by atoms with E-state index in [1.807, 2.05) is 41.1 Å². The Morgan fingerprint density at radius 1 is 1.02 bits per heavy atom. The predicted molar refractivity (Wildman–Crippen MR) is 201 cm³/mol. The lowest BCUT2D eigenvalue weighted by atomic mass is 9.99. The van der Waals surface area contributed by atoms with Gasteiger partial charge >= 0.3 is 12.7 Å². The van der Waals surface area contributed by atoms with Gasteiger partial charge in [-0.3, -0.25) is 14.5 Å². The molecule has 0 spiro atoms. The van der Waals surface area contributed by atoms with Crippen molar-refractivity contribution in [1.82, 2.24) is 34.4 Å². The Balaban J connectivity index is 0.000000363. The lowest BCUT2D eigenvalue weighted by Gasteiger charge is -2.28. The van der Waals surface area contributed by atoms with E-state index in [-0.39, 0.29) is 48.3 Å². The smallest absolute Gasteiger partial charge is 0.406 e. The van der Waals surface area contributed by atoms with Crippen LogP contribution in [-0.4, -0.2) is 72.8 Å². The highest BCUT2D eigenvalue weighted by atomic mass is 35.5. The number of hydrogen-bond donors (Lipinski definition) is 2. The number of nitrogens with two attached hydrogens (primary N) is 1. The van der Waals surface area contributed by atoms with Crippen molar-refractivity contribution in [2.24, 2.45) is 16.1 Å². The van der Waals surface area contributed by atoms with Gasteiger partial charge in [-0.1, -0.05) is 69.6 Å². The van der Waals surface area contributed by atoms with Gasteiger partial charge in [0, 0.05) is 24.2 Å². The van der Waals surface area contributed by atoms with Crippen LogP contribution < -0.4 is 11.1 Å². The van der Waals surface area contributed by atoms with E-state index in [9.17, 15) is 31.5 Å². The van der Waals surface area contributed by atoms with Crippen LogP contribution in [0.15, 0.2) is 84.5 Å². The lowest BCUT2D eigenvalue weighted by Crippen LogP contribution is -2.42. The number of pyridine rings is 1. The maximum Gasteiger partial charge on any atom is 0.406 e. The predicted octanol–water partition coefficient (Wildman–Crippen LogP) is 7.77. The minimum atomic E-state index is -4.05. The van der Waals surface area contributed by atoms with Crippen molar-refractivity contribution in [3.05, 3.63) is 95.7 Å². The molecule has 5 aromatic rings. The fraction of sp³-hybridized carbons (Fsp3) is 0.368. The topological polar surface area (TPSA) is 145 Å². The number of fused-ring (bicyclic) bond motifs is 1. The number of alkyl halides is 5. The van der Waals surface area contributed by atoms with E-state index in [0.29, 0.717) is 21.2 Å². The number of carbonyl (C=O) groups is 2. The Morgan fingerprint density at radius 2 is 1.70 bits per heavy atom. The van der Waals surface area contributed by atoms with Gasteiger partial charge in [0.05, 0.1) is 11.1 Å². The number of halogens is 6. The first kappa shape index (κ1) is 41.7. The molecule has 0 radical (unpaired) electrons. The number of benzene rings is 2. The molecule has 0 bridgehead atoms. The maximum atomic E-state index is 13.7. The summed E-state index contributed by atoms with van der Waals surface area (Å²) in [6.07, 6.45) is 2.88. The number of aliphatic imine (C=N–C) groups is 1. The first-order valence-electron chi connectivity index (χ1n) is 17.3. The number of nitrogens with zero attached hydrogens (tertiary/aromatic N) is 7. The van der Waals surface area contributed by atoms with Gasteiger partial charge < -0.3 is 20.2 Å². The van der Waals surface area contributed by atoms with Crippen molar-refractivity contribution >= 4 is 35.6 Å². The van der Waals surface area contributed by atoms with Crippen molar-refractivity contribution in [2.45, 2.75) is 70.9 Å². The molecule has 1 aliphatic heterocycles. The molecule has 0 saturated heterocycles. The quantitative estimate of drug-likeness (QED) is 0.108. The van der Waals surface area contributed by atoms with Gasteiger partial charge in [0.1, 0.15) is 24.1 Å². The average Bonchev–Trinajstić information content (AvgIpc) is 3.42. The van der Waals surface area contributed by atoms with Crippen molar-refractivity contribution < 1.29 is 36.3 Å². The molecule has 4 heterocycles. The molecule has 56 heavy (non-hydrogen) atoms. The Morgan fingerprint density at radius 3 is 2.27 bits per heavy atom. The molecule has 1 fully saturated rings. The van der Waals surface area contributed by atoms with Crippen LogP contribution in [0.4, 0.5) is 22.0 Å². The summed E-state index contributed by atoms with van der Waals surface area (Å²) in [6, 6.07) is 13.9. The summed E-state index contributed by atoms with van der Waals surface area (Å²) in [6.45, 7) is 5.75. The second-order valence-electron chi connectivity index (χ2n) is 14.6. The van der Waals surface area contributed by atoms with Crippen LogP contribution in [0.1, 0.15) is 70.3 Å². The van der Waals surface area contributed by atoms with Crippen molar-refractivity contribution in [3.8, 4) is 22.5 Å². The van der Waals surface area contributed by atoms with Crippen LogP contribution in [0.2, 0.25) is 5.02 Å². The van der Waals surface area contributed by atoms with E-state index in [2.05, 4.69) is 53.1 Å². The highest BCUT2D eigenvalue weighted by molar-refractivity contribution is 6.33. The number of rotatable bonds is 10. The van der Waals surface area contributed by atoms with Crippen LogP contribution in [0.25, 0.3) is 28.2 Å². The molecule has 7 rings (SSSR count). The molecular weight excluding hydrogens is 761 g/mol. The summed E-state index contributed by atoms with van der Waals surface area (Å²) in [7, 11) is 1.35. The Kier molecular flexibility index (Phi) is 12.5. The monoisotopic (exact) mass is 801 g/mol. The van der Waals surface area contributed by atoms with Crippen LogP contribution in [0, 0.1) is 5.41 Å². The second-order valence-corrected chi connectivity index (χ2v) is 15.1. The number of ether oxygens (including phenoxy) is 1. The largest absolute Gasteiger partial charge is 0.465 e. The van der Waals surface area contributed by atoms with Crippen LogP contribution in [-0.2, 0) is 14.3 Å². The van der Waals surface area contributed by atoms with Gasteiger partial charge in [-0.2, -0.15) is 31.7 Å². The molecule has 18 heteroatoms. The summed E-state index contributed by atoms with van der Waals surface area (Å²) in [5, 5.41) is 5.95. The van der Waals surface area contributed by atoms with Crippen molar-refractivity contribution in [1.29, 1.82) is 0 Å². The SMILES string of the molecule is CC(C)(C)C.CNC1(C(F)(F)F)CC1.NC1=NC(c2ccc(-c3ccn4ccnc4c3)cc2)C(=O)N1C(COC=O)c1ccc(Cl)c(-c2ncnn2C(F)F)c1. The standard InChI is InChI=1S/C28H21ClF2N8O3.C5H8F3N.C5H12/c29-21-6-5-19(11-20(21)25-34-14-35-39(25)27(30)31)22(13-42-15-40)38-26(41)24(36-28(38)32)17-3-1-16(2-4-17)18-7-9-37-10-8-33-23(37)12-18;1-9-4(2-3-4)5(6,7)8;1-5(2,3)4/h1-12,14-15,22,24,27H,13H2,(H2,32,36);9H,2-3H2,1H3;1-4H3. The van der Waals surface area contributed by atoms with E-state index >= 15 is 0 Å². The number of amides is 1. The fourth-order valence-corrected chi connectivity index (χ4v) is 5.93. The molecule has 1 saturated carbocycles. The van der Waals surface area contributed by atoms with Crippen molar-refractivity contribution in [3.63, 3.8) is 0 Å². The summed E-state index contributed by atoms with van der Waals surface area (Å²) >= 11 is 6.33. The number of imidazole rings is 1. The third-order valence-electron chi connectivity index (χ3n) is 8.72. The van der Waals surface area contributed by atoms with Gasteiger partial charge in [-0.25, -0.2) is 15.0 Å². The van der Waals surface area contributed by atoms with Gasteiger partial charge in [0.2, 0.25) is 0 Å². The van der Waals surface area contributed by atoms with Gasteiger partial charge in [-0.05, 0) is 71.8 Å². The Labute approximate surface area is 324 Å². The molecule has 1 aliphatic carbocycles. The third kappa shape index (κ3) is 9.50. The summed E-state index contributed by atoms with van der Waals surface area (Å²) in [4.78, 5) is 38.7. The minimum Gasteiger partial charge on any atom is -0.465 e. The van der Waals surface area contributed by atoms with E-state index in [1.54, 1.807) is 24.4 Å². The number of aromatic nitrogens is 5. The van der Waals surface area contributed by atoms with Gasteiger partial charge in [0.15, 0.2) is 17.8 Å². The molecule has 3 aromatic heterocycles. The average molecular weight is 802 g/mol. The Hall–Kier alpha value is -5.42. The molecule has 2 aromatic carbocycles. The normalized spacial score (nSPS) is 16.8. The molecular formula is C38H41ClF5N9O3. The van der Waals surface area contributed by atoms with Gasteiger partial charge in [0.25, 0.3) is 12.4 Å². The lowest BCUT2D eigenvalue weighted by molar-refractivity contribution is -0.164. The van der Waals surface area contributed by atoms with E-state index in [4.69, 9.17) is 22.1 Å². The zero-order valence-electron chi connectivity index (χ0n) is 31.1. The summed E-state index contributed by atoms with van der Waals surface area (Å²) < 4.78 is 69.9. The molecule has 298 valence electrons. The summed E-state index contributed by atoms with van der Waals surface area (Å²) in [5.74, 6) is -0.720. The first-order valence-corrected chi connectivity index (χ1v) is 17.7. The molecule has 2 unspecified atom stereocenters. The first-order chi connectivity index (χ1) is 26.4. The molecule has 2 aliphatic rings. The third-order valence-corrected chi connectivity index (χ3v) is 9.05. The fourth-order valence-electron chi connectivity index (χ4n) is 5.73. The van der Waals surface area contributed by atoms with E-state index in [0.717, 1.165) is 23.1 Å². The molecule has 1 amide bonds. The summed E-state index contributed by atoms with van der Waals surface area (Å²) in [5.41, 5.74) is 9.06. The maximum absolute atomic E-state index is 13.7. The zero-order valence-corrected chi connectivity index (χ0v) is 31.9. The van der Waals surface area contributed by atoms with Crippen LogP contribution in [0.5, 0.6) is 0 Å². The second kappa shape index (κ2) is 16.8. The molecule has 12 nitrogen and oxygen atoms in total. The van der Waals surface area contributed by atoms with Crippen LogP contribution in [0.3, 0.4) is 0 Å². The number of nitrogens with one attached hydrogen (secondary N) is 1. The molecule has 3 N–H and O–H groups in total. The van der Waals surface area contributed by atoms with Crippen LogP contribution >= 0.6 is 11.6 Å². The number of carbonyl (C=O) groups excluding carboxylic acids is 2. The van der Waals surface area contributed by atoms with Gasteiger partial charge in [-0.15, -0.1) is 0 Å². The molecule has 2 atom stereocenters. The van der Waals surface area contributed by atoms with E-state index < -0.39 is 36.3 Å². The Bertz CT molecular complexity index is 2170. The highest BCUT2D eigenvalue weighted by Gasteiger charge is 2.62. The number of hydrogen-bond acceptors (Lipinski definition) is 9. The number of guanidine groups is 1. The van der Waals surface area contributed by atoms with E-state index in [1.165, 1.54) is 24.1 Å². The van der Waals surface area contributed by atoms with Crippen molar-refractivity contribution in [2.75, 3.05) is 13.7 Å². The zero-order chi connectivity index (χ0) is 41.0.